The van der Waals surface area contributed by atoms with E-state index < -0.39 is 0 Å². The summed E-state index contributed by atoms with van der Waals surface area (Å²) >= 11 is 0. The van der Waals surface area contributed by atoms with Crippen LogP contribution >= 0.6 is 0 Å². The molecule has 2 nitrogen and oxygen atoms in total. The Morgan fingerprint density at radius 1 is 1.28 bits per heavy atom. The molecule has 3 heteroatoms. The van der Waals surface area contributed by atoms with E-state index in [2.05, 4.69) is 4.90 Å². The number of rotatable bonds is 5. The van der Waals surface area contributed by atoms with E-state index in [-0.39, 0.29) is 11.9 Å². The van der Waals surface area contributed by atoms with Gasteiger partial charge in [-0.3, -0.25) is 4.90 Å². The zero-order valence-electron chi connectivity index (χ0n) is 11.0. The van der Waals surface area contributed by atoms with Gasteiger partial charge in [-0.25, -0.2) is 4.39 Å². The van der Waals surface area contributed by atoms with E-state index >= 15 is 0 Å². The highest BCUT2D eigenvalue weighted by Crippen LogP contribution is 2.28. The molecule has 1 N–H and O–H groups in total. The largest absolute Gasteiger partial charge is 0.392 e. The first-order valence-electron chi connectivity index (χ1n) is 6.76. The van der Waals surface area contributed by atoms with E-state index in [0.717, 1.165) is 24.9 Å². The molecular formula is C15H22FNO. The quantitative estimate of drug-likeness (QED) is 0.870. The van der Waals surface area contributed by atoms with Gasteiger partial charge in [-0.05, 0) is 43.5 Å². The minimum absolute atomic E-state index is 0.201. The van der Waals surface area contributed by atoms with Gasteiger partial charge < -0.3 is 5.11 Å². The highest BCUT2D eigenvalue weighted by Gasteiger charge is 2.23. The van der Waals surface area contributed by atoms with Crippen molar-refractivity contribution in [1.82, 2.24) is 4.90 Å². The molecule has 100 valence electrons. The van der Waals surface area contributed by atoms with E-state index in [1.54, 1.807) is 12.1 Å². The zero-order chi connectivity index (χ0) is 13.0. The fraction of sp³-hybridized carbons (Fsp3) is 0.600. The molecule has 0 amide bonds. The highest BCUT2D eigenvalue weighted by molar-refractivity contribution is 5.15. The summed E-state index contributed by atoms with van der Waals surface area (Å²) in [5, 5.41) is 10.1. The predicted molar refractivity (Wildman–Crippen MR) is 70.7 cm³/mol. The van der Waals surface area contributed by atoms with Crippen molar-refractivity contribution in [2.75, 3.05) is 13.6 Å². The third kappa shape index (κ3) is 3.79. The van der Waals surface area contributed by atoms with Crippen LogP contribution in [0.15, 0.2) is 24.3 Å². The molecule has 0 saturated heterocycles. The Balaban J connectivity index is 1.80. The second-order valence-electron chi connectivity index (χ2n) is 5.44. The molecule has 0 spiro atoms. The van der Waals surface area contributed by atoms with Crippen molar-refractivity contribution in [1.29, 1.82) is 0 Å². The summed E-state index contributed by atoms with van der Waals surface area (Å²) in [6.07, 6.45) is 4.60. The molecule has 0 bridgehead atoms. The minimum Gasteiger partial charge on any atom is -0.392 e. The molecule has 18 heavy (non-hydrogen) atoms. The summed E-state index contributed by atoms with van der Waals surface area (Å²) in [5.41, 5.74) is 1.08. The molecule has 1 aromatic rings. The number of benzene rings is 1. The number of hydrogen-bond donors (Lipinski definition) is 1. The maximum Gasteiger partial charge on any atom is 0.123 e. The molecule has 0 heterocycles. The van der Waals surface area contributed by atoms with E-state index in [0.29, 0.717) is 12.5 Å². The number of halogens is 1. The number of nitrogens with zero attached hydrogens (tertiary/aromatic N) is 1. The monoisotopic (exact) mass is 251 g/mol. The highest BCUT2D eigenvalue weighted by atomic mass is 19.1. The van der Waals surface area contributed by atoms with Crippen LogP contribution in [0.25, 0.3) is 0 Å². The summed E-state index contributed by atoms with van der Waals surface area (Å²) in [5.74, 6) is 0.271. The number of likely N-dealkylation sites (N-methyl/N-ethyl adjacent to an activating group) is 1. The van der Waals surface area contributed by atoms with E-state index in [4.69, 9.17) is 0 Å². The van der Waals surface area contributed by atoms with Gasteiger partial charge in [-0.2, -0.15) is 0 Å². The molecule has 1 unspecified atom stereocenters. The first-order valence-corrected chi connectivity index (χ1v) is 6.76. The summed E-state index contributed by atoms with van der Waals surface area (Å²) in [4.78, 5) is 2.11. The molecular weight excluding hydrogens is 229 g/mol. The maximum absolute atomic E-state index is 12.8. The van der Waals surface area contributed by atoms with Gasteiger partial charge in [0.15, 0.2) is 0 Å². The van der Waals surface area contributed by atoms with Crippen LogP contribution in [-0.4, -0.2) is 29.7 Å². The van der Waals surface area contributed by atoms with Crippen molar-refractivity contribution < 1.29 is 9.50 Å². The van der Waals surface area contributed by atoms with Crippen molar-refractivity contribution in [3.8, 4) is 0 Å². The van der Waals surface area contributed by atoms with Gasteiger partial charge in [0.2, 0.25) is 0 Å². The fourth-order valence-electron chi connectivity index (χ4n) is 2.78. The maximum atomic E-state index is 12.8. The minimum atomic E-state index is -0.224. The topological polar surface area (TPSA) is 23.5 Å². The van der Waals surface area contributed by atoms with Crippen LogP contribution in [0, 0.1) is 11.7 Å². The third-order valence-corrected chi connectivity index (χ3v) is 3.81. The molecule has 0 aromatic heterocycles. The van der Waals surface area contributed by atoms with Crippen LogP contribution < -0.4 is 0 Å². The molecule has 1 atom stereocenters. The first kappa shape index (κ1) is 13.5. The lowest BCUT2D eigenvalue weighted by molar-refractivity contribution is 0.0724. The average Bonchev–Trinajstić information content (AvgIpc) is 2.85. The number of aliphatic hydroxyl groups is 1. The summed E-state index contributed by atoms with van der Waals surface area (Å²) in [6, 6.07) is 6.56. The van der Waals surface area contributed by atoms with Gasteiger partial charge >= 0.3 is 0 Å². The van der Waals surface area contributed by atoms with E-state index in [1.165, 1.54) is 25.0 Å². The Morgan fingerprint density at radius 2 is 1.89 bits per heavy atom. The Morgan fingerprint density at radius 3 is 2.50 bits per heavy atom. The van der Waals surface area contributed by atoms with Crippen LogP contribution in [0.2, 0.25) is 0 Å². The molecule has 1 aliphatic carbocycles. The standard InChI is InChI=1S/C15H22FNO/c1-17(10-12-6-8-14(16)9-7-12)11-15(18)13-4-2-3-5-13/h6-9,13,15,18H,2-5,10-11H2,1H3. The molecule has 2 rings (SSSR count). The van der Waals surface area contributed by atoms with Gasteiger partial charge in [0.05, 0.1) is 6.10 Å². The average molecular weight is 251 g/mol. The lowest BCUT2D eigenvalue weighted by Crippen LogP contribution is -2.33. The van der Waals surface area contributed by atoms with Crippen molar-refractivity contribution in [2.45, 2.75) is 38.3 Å². The Labute approximate surface area is 108 Å². The SMILES string of the molecule is CN(Cc1ccc(F)cc1)CC(O)C1CCCC1. The van der Waals surface area contributed by atoms with Gasteiger partial charge in [0.25, 0.3) is 0 Å². The fourth-order valence-corrected chi connectivity index (χ4v) is 2.78. The van der Waals surface area contributed by atoms with E-state index in [9.17, 15) is 9.50 Å². The van der Waals surface area contributed by atoms with Crippen molar-refractivity contribution >= 4 is 0 Å². The first-order chi connectivity index (χ1) is 8.65. The summed E-state index contributed by atoms with van der Waals surface area (Å²) in [6.45, 7) is 1.45. The molecule has 1 aliphatic rings. The third-order valence-electron chi connectivity index (χ3n) is 3.81. The Kier molecular flexibility index (Phi) is 4.72. The van der Waals surface area contributed by atoms with Crippen molar-refractivity contribution in [2.24, 2.45) is 5.92 Å². The molecule has 1 aromatic carbocycles. The Hall–Kier alpha value is -0.930. The van der Waals surface area contributed by atoms with Crippen LogP contribution in [0.3, 0.4) is 0 Å². The second-order valence-corrected chi connectivity index (χ2v) is 5.44. The van der Waals surface area contributed by atoms with Crippen LogP contribution in [0.4, 0.5) is 4.39 Å². The lowest BCUT2D eigenvalue weighted by atomic mass is 10.0. The van der Waals surface area contributed by atoms with Gasteiger partial charge in [0, 0.05) is 13.1 Å². The smallest absolute Gasteiger partial charge is 0.123 e. The van der Waals surface area contributed by atoms with Crippen molar-refractivity contribution in [3.63, 3.8) is 0 Å². The molecule has 0 aliphatic heterocycles. The van der Waals surface area contributed by atoms with Crippen molar-refractivity contribution in [3.05, 3.63) is 35.6 Å². The van der Waals surface area contributed by atoms with E-state index in [1.807, 2.05) is 7.05 Å². The van der Waals surface area contributed by atoms with Gasteiger partial charge in [-0.1, -0.05) is 25.0 Å². The number of hydrogen-bond acceptors (Lipinski definition) is 2. The second kappa shape index (κ2) is 6.30. The van der Waals surface area contributed by atoms with Crippen LogP contribution in [-0.2, 0) is 6.54 Å². The lowest BCUT2D eigenvalue weighted by Gasteiger charge is -2.24. The molecule has 1 fully saturated rings. The van der Waals surface area contributed by atoms with Crippen LogP contribution in [0.1, 0.15) is 31.2 Å². The normalized spacial score (nSPS) is 18.4. The zero-order valence-corrected chi connectivity index (χ0v) is 11.0. The predicted octanol–water partition coefficient (Wildman–Crippen LogP) is 2.81. The van der Waals surface area contributed by atoms with Gasteiger partial charge in [0.1, 0.15) is 5.82 Å². The Bertz CT molecular complexity index is 359. The summed E-state index contributed by atoms with van der Waals surface area (Å²) < 4.78 is 12.8. The van der Waals surface area contributed by atoms with Gasteiger partial charge in [-0.15, -0.1) is 0 Å². The molecule has 0 radical (unpaired) electrons. The van der Waals surface area contributed by atoms with Crippen LogP contribution in [0.5, 0.6) is 0 Å². The number of aliphatic hydroxyl groups excluding tert-OH is 1. The molecule has 1 saturated carbocycles. The summed E-state index contributed by atoms with van der Waals surface area (Å²) in [7, 11) is 2.00.